The first kappa shape index (κ1) is 13.8. The molecule has 3 heteroatoms. The van der Waals surface area contributed by atoms with E-state index in [4.69, 9.17) is 0 Å². The Hall–Kier alpha value is 0.370. The molecule has 0 spiro atoms. The molecule has 0 bridgehead atoms. The van der Waals surface area contributed by atoms with Gasteiger partial charge in [0.1, 0.15) is 5.78 Å². The molecule has 0 radical (unpaired) electrons. The van der Waals surface area contributed by atoms with Gasteiger partial charge in [-0.05, 0) is 25.2 Å². The average molecular weight is 272 g/mol. The van der Waals surface area contributed by atoms with Gasteiger partial charge in [0, 0.05) is 22.7 Å². The Bertz CT molecular complexity index is 267. The van der Waals surface area contributed by atoms with Crippen molar-refractivity contribution >= 4 is 29.3 Å². The third-order valence-electron chi connectivity index (χ3n) is 4.07. The molecule has 1 saturated carbocycles. The fourth-order valence-corrected chi connectivity index (χ4v) is 6.20. The monoisotopic (exact) mass is 272 g/mol. The highest BCUT2D eigenvalue weighted by molar-refractivity contribution is 8.07. The van der Waals surface area contributed by atoms with Gasteiger partial charge in [0.2, 0.25) is 0 Å². The first-order valence-corrected chi connectivity index (χ1v) is 9.09. The smallest absolute Gasteiger partial charge is 0.150 e. The van der Waals surface area contributed by atoms with E-state index in [1.54, 1.807) is 0 Å². The Morgan fingerprint density at radius 3 is 2.71 bits per heavy atom. The van der Waals surface area contributed by atoms with E-state index in [-0.39, 0.29) is 0 Å². The molecule has 0 aromatic carbocycles. The summed E-state index contributed by atoms with van der Waals surface area (Å²) in [7, 11) is 0. The van der Waals surface area contributed by atoms with E-state index < -0.39 is 0 Å². The number of ketones is 1. The topological polar surface area (TPSA) is 17.1 Å². The van der Waals surface area contributed by atoms with Gasteiger partial charge in [-0.3, -0.25) is 4.79 Å². The summed E-state index contributed by atoms with van der Waals surface area (Å²) in [6.07, 6.45) is 6.04. The van der Waals surface area contributed by atoms with Crippen LogP contribution in [0.2, 0.25) is 0 Å². The lowest BCUT2D eigenvalue weighted by atomic mass is 9.79. The van der Waals surface area contributed by atoms with E-state index in [1.807, 2.05) is 23.5 Å². The molecule has 17 heavy (non-hydrogen) atoms. The van der Waals surface area contributed by atoms with Crippen LogP contribution in [-0.2, 0) is 4.79 Å². The predicted molar refractivity (Wildman–Crippen MR) is 78.9 cm³/mol. The summed E-state index contributed by atoms with van der Waals surface area (Å²) in [5, 5.41) is 0.882. The number of carbonyl (C=O) groups excluding carboxylic acids is 1. The van der Waals surface area contributed by atoms with Crippen LogP contribution in [0, 0.1) is 11.8 Å². The van der Waals surface area contributed by atoms with Gasteiger partial charge in [0.25, 0.3) is 0 Å². The summed E-state index contributed by atoms with van der Waals surface area (Å²) in [6, 6.07) is 0. The van der Waals surface area contributed by atoms with Crippen molar-refractivity contribution in [1.29, 1.82) is 0 Å². The summed E-state index contributed by atoms with van der Waals surface area (Å²) in [5.74, 6) is 4.12. The highest BCUT2D eigenvalue weighted by atomic mass is 32.2. The van der Waals surface area contributed by atoms with Crippen LogP contribution in [0.5, 0.6) is 0 Å². The van der Waals surface area contributed by atoms with Crippen LogP contribution in [0.25, 0.3) is 0 Å². The second kappa shape index (κ2) is 6.51. The van der Waals surface area contributed by atoms with Gasteiger partial charge < -0.3 is 0 Å². The van der Waals surface area contributed by atoms with Crippen molar-refractivity contribution in [2.24, 2.45) is 11.8 Å². The molecular formula is C14H24OS2. The molecule has 4 atom stereocenters. The molecule has 2 aliphatic rings. The summed E-state index contributed by atoms with van der Waals surface area (Å²) < 4.78 is 0. The van der Waals surface area contributed by atoms with E-state index in [9.17, 15) is 4.79 Å². The zero-order valence-electron chi connectivity index (χ0n) is 11.0. The molecular weight excluding hydrogens is 248 g/mol. The molecule has 1 saturated heterocycles. The van der Waals surface area contributed by atoms with Crippen LogP contribution in [0.1, 0.15) is 46.0 Å². The molecule has 0 aromatic rings. The van der Waals surface area contributed by atoms with Crippen LogP contribution < -0.4 is 0 Å². The van der Waals surface area contributed by atoms with E-state index in [0.29, 0.717) is 22.2 Å². The fourth-order valence-electron chi connectivity index (χ4n) is 3.09. The molecule has 1 heterocycles. The molecule has 1 nitrogen and oxygen atoms in total. The maximum absolute atomic E-state index is 12.6. The maximum Gasteiger partial charge on any atom is 0.150 e. The Kier molecular flexibility index (Phi) is 5.28. The van der Waals surface area contributed by atoms with Gasteiger partial charge in [-0.25, -0.2) is 0 Å². The highest BCUT2D eigenvalue weighted by Gasteiger charge is 2.36. The molecule has 0 N–H and O–H groups in total. The van der Waals surface area contributed by atoms with E-state index in [2.05, 4.69) is 13.8 Å². The molecule has 2 rings (SSSR count). The maximum atomic E-state index is 12.6. The predicted octanol–water partition coefficient (Wildman–Crippen LogP) is 4.01. The van der Waals surface area contributed by atoms with Gasteiger partial charge >= 0.3 is 0 Å². The summed E-state index contributed by atoms with van der Waals surface area (Å²) in [4.78, 5) is 12.6. The Labute approximate surface area is 114 Å². The van der Waals surface area contributed by atoms with Crippen LogP contribution >= 0.6 is 23.5 Å². The van der Waals surface area contributed by atoms with Gasteiger partial charge in [-0.1, -0.05) is 26.7 Å². The number of Topliss-reactive ketones (excluding diaryl/α,β-unsaturated/α-hetero) is 1. The van der Waals surface area contributed by atoms with Crippen molar-refractivity contribution in [1.82, 2.24) is 0 Å². The van der Waals surface area contributed by atoms with Gasteiger partial charge in [0.15, 0.2) is 0 Å². The van der Waals surface area contributed by atoms with Crippen LogP contribution in [0.15, 0.2) is 0 Å². The molecule has 4 unspecified atom stereocenters. The number of rotatable bonds is 3. The average Bonchev–Trinajstić information content (AvgIpc) is 2.38. The Morgan fingerprint density at radius 2 is 2.00 bits per heavy atom. The fraction of sp³-hybridized carbons (Fsp3) is 0.929. The molecule has 0 amide bonds. The second-order valence-electron chi connectivity index (χ2n) is 5.48. The first-order chi connectivity index (χ1) is 8.22. The normalized spacial score (nSPS) is 38.9. The van der Waals surface area contributed by atoms with E-state index >= 15 is 0 Å². The molecule has 98 valence electrons. The highest BCUT2D eigenvalue weighted by Crippen LogP contribution is 2.38. The lowest BCUT2D eigenvalue weighted by Gasteiger charge is -2.34. The summed E-state index contributed by atoms with van der Waals surface area (Å²) >= 11 is 3.95. The lowest BCUT2D eigenvalue weighted by molar-refractivity contribution is -0.123. The van der Waals surface area contributed by atoms with E-state index in [0.717, 1.165) is 25.2 Å². The molecule has 1 aliphatic heterocycles. The van der Waals surface area contributed by atoms with Crippen molar-refractivity contribution in [3.63, 3.8) is 0 Å². The van der Waals surface area contributed by atoms with Gasteiger partial charge in [0.05, 0.1) is 5.25 Å². The summed E-state index contributed by atoms with van der Waals surface area (Å²) in [5.41, 5.74) is 0. The van der Waals surface area contributed by atoms with Crippen molar-refractivity contribution in [3.05, 3.63) is 0 Å². The van der Waals surface area contributed by atoms with Crippen LogP contribution in [0.3, 0.4) is 0 Å². The first-order valence-electron chi connectivity index (χ1n) is 6.99. The number of carbonyl (C=O) groups is 1. The minimum atomic E-state index is 0.300. The van der Waals surface area contributed by atoms with E-state index in [1.165, 1.54) is 24.3 Å². The van der Waals surface area contributed by atoms with Crippen molar-refractivity contribution in [2.45, 2.75) is 56.5 Å². The quantitative estimate of drug-likeness (QED) is 0.773. The number of hydrogen-bond donors (Lipinski definition) is 0. The minimum absolute atomic E-state index is 0.300. The zero-order valence-corrected chi connectivity index (χ0v) is 12.6. The molecule has 2 fully saturated rings. The van der Waals surface area contributed by atoms with Crippen LogP contribution in [0.4, 0.5) is 0 Å². The lowest BCUT2D eigenvalue weighted by Crippen LogP contribution is -2.38. The Morgan fingerprint density at radius 1 is 1.24 bits per heavy atom. The molecule has 0 aromatic heterocycles. The van der Waals surface area contributed by atoms with Crippen molar-refractivity contribution < 1.29 is 4.79 Å². The second-order valence-corrected chi connectivity index (χ2v) is 8.08. The zero-order chi connectivity index (χ0) is 12.3. The van der Waals surface area contributed by atoms with Gasteiger partial charge in [-0.2, -0.15) is 11.8 Å². The SMILES string of the molecule is CCC1SCCSC1C(=O)C1CCCC(C)C1. The molecule has 1 aliphatic carbocycles. The van der Waals surface area contributed by atoms with Crippen molar-refractivity contribution in [3.8, 4) is 0 Å². The van der Waals surface area contributed by atoms with Crippen LogP contribution in [-0.4, -0.2) is 27.8 Å². The van der Waals surface area contributed by atoms with Crippen molar-refractivity contribution in [2.75, 3.05) is 11.5 Å². The minimum Gasteiger partial charge on any atom is -0.298 e. The number of thioether (sulfide) groups is 2. The van der Waals surface area contributed by atoms with Gasteiger partial charge in [-0.15, -0.1) is 11.8 Å². The third kappa shape index (κ3) is 3.44. The largest absolute Gasteiger partial charge is 0.298 e. The third-order valence-corrected chi connectivity index (χ3v) is 7.34. The standard InChI is InChI=1S/C14H24OS2/c1-3-12-14(17-8-7-16-12)13(15)11-6-4-5-10(2)9-11/h10-12,14H,3-9H2,1-2H3. The Balaban J connectivity index is 1.97. The number of hydrogen-bond acceptors (Lipinski definition) is 3. The summed E-state index contributed by atoms with van der Waals surface area (Å²) in [6.45, 7) is 4.53.